The van der Waals surface area contributed by atoms with Gasteiger partial charge >= 0.3 is 5.97 Å². The van der Waals surface area contributed by atoms with Crippen molar-refractivity contribution in [3.63, 3.8) is 0 Å². The van der Waals surface area contributed by atoms with E-state index in [9.17, 15) is 9.18 Å². The van der Waals surface area contributed by atoms with Crippen LogP contribution < -0.4 is 10.1 Å². The molecule has 0 fully saturated rings. The minimum atomic E-state index is -1.32. The second kappa shape index (κ2) is 4.80. The van der Waals surface area contributed by atoms with Gasteiger partial charge in [0.2, 0.25) is 0 Å². The van der Waals surface area contributed by atoms with Crippen molar-refractivity contribution >= 4 is 11.8 Å². The lowest BCUT2D eigenvalue weighted by molar-refractivity contribution is 0.0692. The lowest BCUT2D eigenvalue weighted by Crippen LogP contribution is -2.15. The minimum absolute atomic E-state index is 0.0878. The highest BCUT2D eigenvalue weighted by atomic mass is 19.1. The van der Waals surface area contributed by atoms with Gasteiger partial charge in [0.05, 0.1) is 6.04 Å². The van der Waals surface area contributed by atoms with Crippen LogP contribution >= 0.6 is 0 Å². The number of carboxylic acids is 1. The Morgan fingerprint density at radius 1 is 1.40 bits per heavy atom. The minimum Gasteiger partial charge on any atom is -0.491 e. The van der Waals surface area contributed by atoms with Gasteiger partial charge in [-0.1, -0.05) is 18.2 Å². The molecule has 0 saturated heterocycles. The Balaban J connectivity index is 1.90. The van der Waals surface area contributed by atoms with Crippen LogP contribution in [0.1, 0.15) is 22.0 Å². The SMILES string of the molecule is O=C(O)c1ccnc(NC2COc3ccccc32)c1F. The Bertz CT molecular complexity index is 675. The van der Waals surface area contributed by atoms with Crippen molar-refractivity contribution in [2.75, 3.05) is 11.9 Å². The smallest absolute Gasteiger partial charge is 0.338 e. The molecule has 1 atom stereocenters. The van der Waals surface area contributed by atoms with Crippen LogP contribution in [0.5, 0.6) is 5.75 Å². The predicted molar refractivity (Wildman–Crippen MR) is 69.5 cm³/mol. The highest BCUT2D eigenvalue weighted by Gasteiger charge is 2.25. The van der Waals surface area contributed by atoms with Crippen LogP contribution in [0, 0.1) is 5.82 Å². The van der Waals surface area contributed by atoms with E-state index < -0.39 is 17.3 Å². The Kier molecular flexibility index (Phi) is 2.98. The van der Waals surface area contributed by atoms with Gasteiger partial charge in [-0.2, -0.15) is 0 Å². The largest absolute Gasteiger partial charge is 0.491 e. The second-order valence-electron chi connectivity index (χ2n) is 4.37. The molecule has 0 aliphatic carbocycles. The number of benzene rings is 1. The van der Waals surface area contributed by atoms with Crippen molar-refractivity contribution in [3.8, 4) is 5.75 Å². The summed E-state index contributed by atoms with van der Waals surface area (Å²) in [5.41, 5.74) is 0.490. The summed E-state index contributed by atoms with van der Waals surface area (Å²) in [4.78, 5) is 14.7. The Labute approximate surface area is 114 Å². The first-order valence-electron chi connectivity index (χ1n) is 6.03. The third-order valence-electron chi connectivity index (χ3n) is 3.13. The number of fused-ring (bicyclic) bond motifs is 1. The number of anilines is 1. The quantitative estimate of drug-likeness (QED) is 0.899. The van der Waals surface area contributed by atoms with Gasteiger partial charge in [0, 0.05) is 11.8 Å². The van der Waals surface area contributed by atoms with E-state index in [4.69, 9.17) is 9.84 Å². The highest BCUT2D eigenvalue weighted by molar-refractivity contribution is 5.88. The monoisotopic (exact) mass is 274 g/mol. The van der Waals surface area contributed by atoms with Crippen LogP contribution in [0.2, 0.25) is 0 Å². The van der Waals surface area contributed by atoms with Gasteiger partial charge in [0.1, 0.15) is 17.9 Å². The number of aromatic carboxylic acids is 1. The van der Waals surface area contributed by atoms with Gasteiger partial charge in [-0.05, 0) is 12.1 Å². The number of hydrogen-bond acceptors (Lipinski definition) is 4. The first-order chi connectivity index (χ1) is 9.66. The molecule has 1 unspecified atom stereocenters. The van der Waals surface area contributed by atoms with Gasteiger partial charge in [-0.3, -0.25) is 0 Å². The van der Waals surface area contributed by atoms with Gasteiger partial charge in [0.25, 0.3) is 0 Å². The Morgan fingerprint density at radius 3 is 3.00 bits per heavy atom. The van der Waals surface area contributed by atoms with Crippen molar-refractivity contribution in [2.24, 2.45) is 0 Å². The van der Waals surface area contributed by atoms with Crippen molar-refractivity contribution in [2.45, 2.75) is 6.04 Å². The van der Waals surface area contributed by atoms with Crippen molar-refractivity contribution in [1.29, 1.82) is 0 Å². The van der Waals surface area contributed by atoms with Crippen molar-refractivity contribution in [3.05, 3.63) is 53.5 Å². The van der Waals surface area contributed by atoms with Crippen LogP contribution in [0.3, 0.4) is 0 Å². The maximum absolute atomic E-state index is 14.0. The number of ether oxygens (including phenoxy) is 1. The van der Waals surface area contributed by atoms with Crippen molar-refractivity contribution < 1.29 is 19.0 Å². The number of halogens is 1. The van der Waals surface area contributed by atoms with E-state index >= 15 is 0 Å². The molecule has 1 aliphatic heterocycles. The highest BCUT2D eigenvalue weighted by Crippen LogP contribution is 2.34. The fraction of sp³-hybridized carbons (Fsp3) is 0.143. The molecule has 1 aliphatic rings. The molecular weight excluding hydrogens is 263 g/mol. The second-order valence-corrected chi connectivity index (χ2v) is 4.37. The van der Waals surface area contributed by atoms with E-state index in [-0.39, 0.29) is 11.9 Å². The number of aromatic nitrogens is 1. The van der Waals surface area contributed by atoms with E-state index in [0.29, 0.717) is 6.61 Å². The zero-order valence-corrected chi connectivity index (χ0v) is 10.3. The van der Waals surface area contributed by atoms with Crippen molar-refractivity contribution in [1.82, 2.24) is 4.98 Å². The topological polar surface area (TPSA) is 71.5 Å². The van der Waals surface area contributed by atoms with E-state index in [1.54, 1.807) is 0 Å². The fourth-order valence-electron chi connectivity index (χ4n) is 2.16. The third-order valence-corrected chi connectivity index (χ3v) is 3.13. The summed E-state index contributed by atoms with van der Waals surface area (Å²) in [7, 11) is 0. The maximum atomic E-state index is 14.0. The summed E-state index contributed by atoms with van der Waals surface area (Å²) in [6.07, 6.45) is 1.26. The van der Waals surface area contributed by atoms with Gasteiger partial charge < -0.3 is 15.2 Å². The molecule has 0 spiro atoms. The molecule has 2 heterocycles. The number of rotatable bonds is 3. The fourth-order valence-corrected chi connectivity index (χ4v) is 2.16. The van der Waals surface area contributed by atoms with E-state index in [1.807, 2.05) is 24.3 Å². The summed E-state index contributed by atoms with van der Waals surface area (Å²) >= 11 is 0. The Hall–Kier alpha value is -2.63. The van der Waals surface area contributed by atoms with Crippen LogP contribution in [0.15, 0.2) is 36.5 Å². The molecule has 1 aromatic heterocycles. The molecule has 102 valence electrons. The summed E-state index contributed by atoms with van der Waals surface area (Å²) in [6.45, 7) is 0.345. The molecule has 2 aromatic rings. The first-order valence-corrected chi connectivity index (χ1v) is 6.03. The average molecular weight is 274 g/mol. The van der Waals surface area contributed by atoms with Crippen LogP contribution in [0.4, 0.5) is 10.2 Å². The van der Waals surface area contributed by atoms with E-state index in [0.717, 1.165) is 17.4 Å². The molecule has 1 aromatic carbocycles. The zero-order chi connectivity index (χ0) is 14.1. The summed E-state index contributed by atoms with van der Waals surface area (Å²) in [5, 5.41) is 11.8. The molecule has 0 radical (unpaired) electrons. The summed E-state index contributed by atoms with van der Waals surface area (Å²) in [6, 6.07) is 8.29. The Morgan fingerprint density at radius 2 is 2.20 bits per heavy atom. The maximum Gasteiger partial charge on any atom is 0.338 e. The predicted octanol–water partition coefficient (Wildman–Crippen LogP) is 2.46. The van der Waals surface area contributed by atoms with Gasteiger partial charge in [-0.15, -0.1) is 0 Å². The molecule has 0 amide bonds. The molecule has 0 saturated carbocycles. The number of hydrogen-bond donors (Lipinski definition) is 2. The summed E-state index contributed by atoms with van der Waals surface area (Å²) < 4.78 is 19.5. The molecule has 20 heavy (non-hydrogen) atoms. The zero-order valence-electron chi connectivity index (χ0n) is 10.3. The number of para-hydroxylation sites is 1. The van der Waals surface area contributed by atoms with Crippen LogP contribution in [-0.2, 0) is 0 Å². The number of pyridine rings is 1. The van der Waals surface area contributed by atoms with Gasteiger partial charge in [0.15, 0.2) is 11.6 Å². The normalized spacial score (nSPS) is 16.4. The van der Waals surface area contributed by atoms with E-state index in [2.05, 4.69) is 10.3 Å². The lowest BCUT2D eigenvalue weighted by atomic mass is 10.1. The average Bonchev–Trinajstić information content (AvgIpc) is 2.84. The molecule has 6 heteroatoms. The molecule has 0 bridgehead atoms. The third kappa shape index (κ3) is 2.05. The molecule has 5 nitrogen and oxygen atoms in total. The first kappa shape index (κ1) is 12.4. The molecular formula is C14H11FN2O3. The number of nitrogens with zero attached hydrogens (tertiary/aromatic N) is 1. The summed E-state index contributed by atoms with van der Waals surface area (Å²) in [5.74, 6) is -1.55. The number of carboxylic acid groups (broad SMARTS) is 1. The lowest BCUT2D eigenvalue weighted by Gasteiger charge is -2.13. The van der Waals surface area contributed by atoms with Gasteiger partial charge in [-0.25, -0.2) is 14.2 Å². The number of nitrogens with one attached hydrogen (secondary N) is 1. The molecule has 3 rings (SSSR count). The number of carbonyl (C=O) groups is 1. The standard InChI is InChI=1S/C14H11FN2O3/c15-12-9(14(18)19)5-6-16-13(12)17-10-7-20-11-4-2-1-3-8(10)11/h1-6,10H,7H2,(H,16,17)(H,18,19). The van der Waals surface area contributed by atoms with Crippen LogP contribution in [-0.4, -0.2) is 22.7 Å². The van der Waals surface area contributed by atoms with Crippen LogP contribution in [0.25, 0.3) is 0 Å². The van der Waals surface area contributed by atoms with E-state index in [1.165, 1.54) is 6.20 Å². The molecule has 2 N–H and O–H groups in total.